The molecule has 0 N–H and O–H groups in total. The maximum absolute atomic E-state index is 14.0. The number of hydrogen-bond donors (Lipinski definition) is 0. The van der Waals surface area contributed by atoms with Crippen LogP contribution in [-0.2, 0) is 0 Å². The maximum Gasteiger partial charge on any atom is 0.254 e. The normalized spacial score (nSPS) is 16.0. The van der Waals surface area contributed by atoms with Crippen molar-refractivity contribution in [2.45, 2.75) is 12.1 Å². The highest BCUT2D eigenvalue weighted by Gasteiger charge is 2.32. The van der Waals surface area contributed by atoms with Crippen LogP contribution in [0.4, 0.5) is 0 Å². The predicted octanol–water partition coefficient (Wildman–Crippen LogP) is 6.78. The van der Waals surface area contributed by atoms with E-state index < -0.39 is 0 Å². The molecule has 48 heavy (non-hydrogen) atoms. The number of rotatable bonds is 8. The highest BCUT2D eigenvalue weighted by atomic mass is 16.2. The van der Waals surface area contributed by atoms with Gasteiger partial charge in [0.1, 0.15) is 0 Å². The first-order valence-electron chi connectivity index (χ1n) is 17.0. The number of carbonyl (C=O) groups excluding carboxylic acids is 2. The molecule has 5 aromatic rings. The van der Waals surface area contributed by atoms with Crippen molar-refractivity contribution in [3.05, 3.63) is 179 Å². The van der Waals surface area contributed by atoms with Gasteiger partial charge in [0.05, 0.1) is 23.2 Å². The Morgan fingerprint density at radius 2 is 0.604 bits per heavy atom. The van der Waals surface area contributed by atoms with Crippen molar-refractivity contribution in [2.24, 2.45) is 0 Å². The Labute approximate surface area is 283 Å². The lowest BCUT2D eigenvalue weighted by Gasteiger charge is -2.40. The largest absolute Gasteiger partial charge is 0.336 e. The minimum absolute atomic E-state index is 0.0681. The summed E-state index contributed by atoms with van der Waals surface area (Å²) in [6, 6.07) is 49.9. The van der Waals surface area contributed by atoms with E-state index in [0.29, 0.717) is 37.3 Å². The van der Waals surface area contributed by atoms with E-state index in [1.165, 1.54) is 22.3 Å². The quantitative estimate of drug-likeness (QED) is 0.189. The Balaban J connectivity index is 1.03. The summed E-state index contributed by atoms with van der Waals surface area (Å²) < 4.78 is 0. The summed E-state index contributed by atoms with van der Waals surface area (Å²) in [5.41, 5.74) is 5.98. The molecule has 2 aliphatic heterocycles. The van der Waals surface area contributed by atoms with Crippen LogP contribution < -0.4 is 0 Å². The van der Waals surface area contributed by atoms with Crippen molar-refractivity contribution in [1.29, 1.82) is 0 Å². The summed E-state index contributed by atoms with van der Waals surface area (Å²) in [7, 11) is 0. The molecular weight excluding hydrogens is 592 g/mol. The molecule has 0 aliphatic carbocycles. The zero-order chi connectivity index (χ0) is 32.7. The van der Waals surface area contributed by atoms with Crippen molar-refractivity contribution in [3.8, 4) is 0 Å². The molecule has 0 aromatic heterocycles. The average molecular weight is 635 g/mol. The molecule has 6 heteroatoms. The predicted molar refractivity (Wildman–Crippen MR) is 191 cm³/mol. The van der Waals surface area contributed by atoms with Gasteiger partial charge in [0.15, 0.2) is 0 Å². The van der Waals surface area contributed by atoms with E-state index in [1.807, 2.05) is 58.3 Å². The molecular formula is C42H42N4O2. The Hall–Kier alpha value is -5.04. The van der Waals surface area contributed by atoms with Gasteiger partial charge in [0.25, 0.3) is 11.8 Å². The Morgan fingerprint density at radius 1 is 0.354 bits per heavy atom. The van der Waals surface area contributed by atoms with Crippen LogP contribution in [0.5, 0.6) is 0 Å². The van der Waals surface area contributed by atoms with Crippen LogP contribution in [0.25, 0.3) is 0 Å². The fourth-order valence-electron chi connectivity index (χ4n) is 7.33. The molecule has 6 nitrogen and oxygen atoms in total. The molecule has 0 unspecified atom stereocenters. The summed E-state index contributed by atoms with van der Waals surface area (Å²) >= 11 is 0. The van der Waals surface area contributed by atoms with Gasteiger partial charge in [-0.05, 0) is 34.4 Å². The van der Waals surface area contributed by atoms with E-state index in [-0.39, 0.29) is 23.9 Å². The molecule has 2 aliphatic rings. The fraction of sp³-hybridized carbons (Fsp3) is 0.238. The second kappa shape index (κ2) is 14.8. The molecule has 2 amide bonds. The Kier molecular flexibility index (Phi) is 9.73. The van der Waals surface area contributed by atoms with Crippen LogP contribution in [0.1, 0.15) is 55.1 Å². The van der Waals surface area contributed by atoms with Gasteiger partial charge in [0.2, 0.25) is 0 Å². The van der Waals surface area contributed by atoms with Gasteiger partial charge in [-0.2, -0.15) is 0 Å². The summed E-state index contributed by atoms with van der Waals surface area (Å²) in [5.74, 6) is -0.136. The highest BCUT2D eigenvalue weighted by molar-refractivity contribution is 6.07. The van der Waals surface area contributed by atoms with E-state index in [9.17, 15) is 9.59 Å². The van der Waals surface area contributed by atoms with Gasteiger partial charge < -0.3 is 9.80 Å². The molecule has 2 fully saturated rings. The molecule has 0 atom stereocenters. The number of carbonyl (C=O) groups is 2. The van der Waals surface area contributed by atoms with E-state index in [1.54, 1.807) is 0 Å². The van der Waals surface area contributed by atoms with Crippen molar-refractivity contribution in [2.75, 3.05) is 52.4 Å². The molecule has 0 bridgehead atoms. The maximum atomic E-state index is 14.0. The summed E-state index contributed by atoms with van der Waals surface area (Å²) in [6.07, 6.45) is 0. The summed E-state index contributed by atoms with van der Waals surface area (Å²) in [4.78, 5) is 36.8. The number of hydrogen-bond acceptors (Lipinski definition) is 4. The van der Waals surface area contributed by atoms with E-state index in [2.05, 4.69) is 107 Å². The van der Waals surface area contributed by atoms with Crippen molar-refractivity contribution >= 4 is 11.8 Å². The minimum Gasteiger partial charge on any atom is -0.336 e. The zero-order valence-corrected chi connectivity index (χ0v) is 27.3. The van der Waals surface area contributed by atoms with E-state index in [0.717, 1.165) is 26.2 Å². The first kappa shape index (κ1) is 31.6. The van der Waals surface area contributed by atoms with Crippen LogP contribution in [-0.4, -0.2) is 83.8 Å². The number of nitrogens with zero attached hydrogens (tertiary/aromatic N) is 4. The first-order valence-corrected chi connectivity index (χ1v) is 17.0. The third-order valence-electron chi connectivity index (χ3n) is 9.78. The van der Waals surface area contributed by atoms with Crippen LogP contribution in [0.15, 0.2) is 146 Å². The summed E-state index contributed by atoms with van der Waals surface area (Å²) in [6.45, 7) is 5.44. The molecule has 5 aromatic carbocycles. The average Bonchev–Trinajstić information content (AvgIpc) is 3.17. The van der Waals surface area contributed by atoms with Crippen molar-refractivity contribution in [3.63, 3.8) is 0 Å². The standard InChI is InChI=1S/C42H42N4O2/c47-41(45-29-25-43(26-30-45)39(33-15-5-1-6-16-33)34-17-7-2-8-18-34)37-23-13-14-24-38(37)42(48)46-31-27-44(28-32-46)40(35-19-9-3-10-20-35)36-21-11-4-12-22-36/h1-24,39-40H,25-32H2. The SMILES string of the molecule is O=C(c1ccccc1C(=O)N1CCN(C(c2ccccc2)c2ccccc2)CC1)N1CCN(C(c2ccccc2)c2ccccc2)CC1. The molecule has 0 spiro atoms. The van der Waals surface area contributed by atoms with E-state index in [4.69, 9.17) is 0 Å². The third-order valence-corrected chi connectivity index (χ3v) is 9.78. The number of piperazine rings is 2. The lowest BCUT2D eigenvalue weighted by molar-refractivity contribution is 0.0561. The van der Waals surface area contributed by atoms with Crippen LogP contribution in [0.2, 0.25) is 0 Å². The van der Waals surface area contributed by atoms with Crippen LogP contribution in [0.3, 0.4) is 0 Å². The highest BCUT2D eigenvalue weighted by Crippen LogP contribution is 2.31. The van der Waals surface area contributed by atoms with Crippen molar-refractivity contribution in [1.82, 2.24) is 19.6 Å². The second-order valence-corrected chi connectivity index (χ2v) is 12.6. The Bertz CT molecular complexity index is 1570. The molecule has 242 valence electrons. The molecule has 7 rings (SSSR count). The minimum atomic E-state index is -0.0681. The summed E-state index contributed by atoms with van der Waals surface area (Å²) in [5, 5.41) is 0. The number of benzene rings is 5. The van der Waals surface area contributed by atoms with Gasteiger partial charge in [-0.1, -0.05) is 133 Å². The van der Waals surface area contributed by atoms with Crippen molar-refractivity contribution < 1.29 is 9.59 Å². The number of amides is 2. The third kappa shape index (κ3) is 6.82. The smallest absolute Gasteiger partial charge is 0.254 e. The Morgan fingerprint density at radius 3 is 0.875 bits per heavy atom. The van der Waals surface area contributed by atoms with Gasteiger partial charge >= 0.3 is 0 Å². The van der Waals surface area contributed by atoms with Gasteiger partial charge in [-0.15, -0.1) is 0 Å². The van der Waals surface area contributed by atoms with Crippen LogP contribution >= 0.6 is 0 Å². The fourth-order valence-corrected chi connectivity index (χ4v) is 7.33. The van der Waals surface area contributed by atoms with E-state index >= 15 is 0 Å². The second-order valence-electron chi connectivity index (χ2n) is 12.6. The molecule has 2 saturated heterocycles. The molecule has 0 saturated carbocycles. The lowest BCUT2D eigenvalue weighted by atomic mass is 9.96. The van der Waals surface area contributed by atoms with Gasteiger partial charge in [-0.3, -0.25) is 19.4 Å². The zero-order valence-electron chi connectivity index (χ0n) is 27.3. The monoisotopic (exact) mass is 634 g/mol. The van der Waals surface area contributed by atoms with Gasteiger partial charge in [-0.25, -0.2) is 0 Å². The van der Waals surface area contributed by atoms with Gasteiger partial charge in [0, 0.05) is 52.4 Å². The molecule has 2 heterocycles. The molecule has 0 radical (unpaired) electrons. The first-order chi connectivity index (χ1) is 23.7. The van der Waals surface area contributed by atoms with Crippen LogP contribution in [0, 0.1) is 0 Å². The topological polar surface area (TPSA) is 47.1 Å². The lowest BCUT2D eigenvalue weighted by Crippen LogP contribution is -2.51.